The van der Waals surface area contributed by atoms with Gasteiger partial charge in [-0.25, -0.2) is 0 Å². The molecule has 2 N–H and O–H groups in total. The number of carbonyl (C=O) groups excluding carboxylic acids is 2. The van der Waals surface area contributed by atoms with Gasteiger partial charge in [0, 0.05) is 22.2 Å². The number of halogens is 1. The van der Waals surface area contributed by atoms with Crippen molar-refractivity contribution in [3.63, 3.8) is 0 Å². The number of amides is 2. The maximum atomic E-state index is 12.5. The number of rotatable bonds is 7. The molecule has 3 rings (SSSR count). The molecule has 0 saturated carbocycles. The first-order valence-electron chi connectivity index (χ1n) is 9.17. The maximum absolute atomic E-state index is 12.5. The molecule has 3 aromatic rings. The highest BCUT2D eigenvalue weighted by molar-refractivity contribution is 9.10. The third-order valence-corrected chi connectivity index (χ3v) is 4.89. The number of hydrogen-bond acceptors (Lipinski definition) is 4. The molecule has 0 bridgehead atoms. The van der Waals surface area contributed by atoms with Gasteiger partial charge in [-0.1, -0.05) is 46.3 Å². The minimum atomic E-state index is -0.275. The van der Waals surface area contributed by atoms with Gasteiger partial charge in [0.15, 0.2) is 0 Å². The van der Waals surface area contributed by atoms with Gasteiger partial charge in [0.2, 0.25) is 5.91 Å². The summed E-state index contributed by atoms with van der Waals surface area (Å²) in [5, 5.41) is 5.66. The molecule has 0 saturated heterocycles. The molecule has 0 aliphatic heterocycles. The van der Waals surface area contributed by atoms with Gasteiger partial charge in [0.1, 0.15) is 11.5 Å². The molecule has 0 fully saturated rings. The second-order valence-corrected chi connectivity index (χ2v) is 7.34. The van der Waals surface area contributed by atoms with Crippen molar-refractivity contribution in [1.82, 2.24) is 0 Å². The molecule has 0 radical (unpaired) electrons. The number of nitrogens with one attached hydrogen (secondary N) is 2. The van der Waals surface area contributed by atoms with Crippen LogP contribution < -0.4 is 20.1 Å². The fourth-order valence-electron chi connectivity index (χ4n) is 2.86. The lowest BCUT2D eigenvalue weighted by molar-refractivity contribution is -0.115. The number of carbonyl (C=O) groups is 2. The van der Waals surface area contributed by atoms with Crippen LogP contribution in [-0.2, 0) is 11.2 Å². The predicted molar refractivity (Wildman–Crippen MR) is 120 cm³/mol. The lowest BCUT2D eigenvalue weighted by atomic mass is 10.1. The molecular formula is C23H21BrN2O4. The molecule has 30 heavy (non-hydrogen) atoms. The van der Waals surface area contributed by atoms with Crippen LogP contribution >= 0.6 is 15.9 Å². The molecule has 154 valence electrons. The van der Waals surface area contributed by atoms with E-state index in [1.165, 1.54) is 14.2 Å². The van der Waals surface area contributed by atoms with E-state index in [1.54, 1.807) is 36.4 Å². The van der Waals surface area contributed by atoms with E-state index in [0.29, 0.717) is 28.4 Å². The van der Waals surface area contributed by atoms with E-state index in [1.807, 2.05) is 30.3 Å². The zero-order chi connectivity index (χ0) is 21.5. The molecule has 0 aromatic heterocycles. The van der Waals surface area contributed by atoms with Crippen LogP contribution in [0, 0.1) is 0 Å². The van der Waals surface area contributed by atoms with Gasteiger partial charge in [-0.3, -0.25) is 9.59 Å². The molecule has 0 heterocycles. The van der Waals surface area contributed by atoms with Crippen molar-refractivity contribution >= 4 is 39.1 Å². The lowest BCUT2D eigenvalue weighted by Crippen LogP contribution is -2.16. The summed E-state index contributed by atoms with van der Waals surface area (Å²) < 4.78 is 11.8. The Morgan fingerprint density at radius 1 is 0.833 bits per heavy atom. The van der Waals surface area contributed by atoms with Crippen LogP contribution in [0.25, 0.3) is 0 Å². The van der Waals surface area contributed by atoms with Gasteiger partial charge in [0.05, 0.1) is 32.0 Å². The zero-order valence-corrected chi connectivity index (χ0v) is 18.2. The average molecular weight is 469 g/mol. The standard InChI is InChI=1S/C23H21BrN2O4/c1-29-20-14-19(26-23(28)16-6-4-3-5-7-16)21(30-2)13-18(20)25-22(27)12-15-8-10-17(24)11-9-15/h3-11,13-14H,12H2,1-2H3,(H,25,27)(H,26,28). The maximum Gasteiger partial charge on any atom is 0.255 e. The van der Waals surface area contributed by atoms with Crippen LogP contribution in [0.5, 0.6) is 11.5 Å². The summed E-state index contributed by atoms with van der Waals surface area (Å²) in [6, 6.07) is 19.6. The Morgan fingerprint density at radius 2 is 1.40 bits per heavy atom. The van der Waals surface area contributed by atoms with Crippen molar-refractivity contribution in [3.05, 3.63) is 82.3 Å². The van der Waals surface area contributed by atoms with Crippen LogP contribution in [0.15, 0.2) is 71.2 Å². The van der Waals surface area contributed by atoms with E-state index in [4.69, 9.17) is 9.47 Å². The minimum absolute atomic E-state index is 0.196. The quantitative estimate of drug-likeness (QED) is 0.516. The molecule has 7 heteroatoms. The Kier molecular flexibility index (Phi) is 7.08. The smallest absolute Gasteiger partial charge is 0.255 e. The van der Waals surface area contributed by atoms with E-state index in [0.717, 1.165) is 10.0 Å². The summed E-state index contributed by atoms with van der Waals surface area (Å²) in [5.74, 6) is 0.337. The van der Waals surface area contributed by atoms with Crippen LogP contribution in [0.3, 0.4) is 0 Å². The second kappa shape index (κ2) is 9.93. The lowest BCUT2D eigenvalue weighted by Gasteiger charge is -2.16. The summed E-state index contributed by atoms with van der Waals surface area (Å²) in [5.41, 5.74) is 2.29. The Hall–Kier alpha value is -3.32. The third-order valence-electron chi connectivity index (χ3n) is 4.36. The van der Waals surface area contributed by atoms with E-state index in [-0.39, 0.29) is 18.2 Å². The van der Waals surface area contributed by atoms with Crippen molar-refractivity contribution in [3.8, 4) is 11.5 Å². The van der Waals surface area contributed by atoms with Crippen LogP contribution in [-0.4, -0.2) is 26.0 Å². The van der Waals surface area contributed by atoms with Crippen molar-refractivity contribution in [1.29, 1.82) is 0 Å². The number of benzene rings is 3. The summed E-state index contributed by atoms with van der Waals surface area (Å²) in [6.45, 7) is 0. The molecule has 0 aliphatic carbocycles. The first-order chi connectivity index (χ1) is 14.5. The fraction of sp³-hybridized carbons (Fsp3) is 0.130. The van der Waals surface area contributed by atoms with E-state index < -0.39 is 0 Å². The topological polar surface area (TPSA) is 76.7 Å². The molecule has 0 atom stereocenters. The zero-order valence-electron chi connectivity index (χ0n) is 16.6. The highest BCUT2D eigenvalue weighted by Crippen LogP contribution is 2.36. The minimum Gasteiger partial charge on any atom is -0.494 e. The highest BCUT2D eigenvalue weighted by Gasteiger charge is 2.16. The Morgan fingerprint density at radius 3 is 1.97 bits per heavy atom. The van der Waals surface area contributed by atoms with Gasteiger partial charge in [-0.05, 0) is 29.8 Å². The number of anilines is 2. The van der Waals surface area contributed by atoms with E-state index in [9.17, 15) is 9.59 Å². The third kappa shape index (κ3) is 5.39. The second-order valence-electron chi connectivity index (χ2n) is 6.42. The monoisotopic (exact) mass is 468 g/mol. The number of hydrogen-bond donors (Lipinski definition) is 2. The van der Waals surface area contributed by atoms with Crippen molar-refractivity contribution in [2.24, 2.45) is 0 Å². The van der Waals surface area contributed by atoms with E-state index in [2.05, 4.69) is 26.6 Å². The molecule has 6 nitrogen and oxygen atoms in total. The highest BCUT2D eigenvalue weighted by atomic mass is 79.9. The molecule has 0 aliphatic rings. The first-order valence-corrected chi connectivity index (χ1v) is 9.96. The van der Waals surface area contributed by atoms with Gasteiger partial charge in [0.25, 0.3) is 5.91 Å². The Balaban J connectivity index is 1.79. The molecule has 2 amide bonds. The number of ether oxygens (including phenoxy) is 2. The van der Waals surface area contributed by atoms with Crippen LogP contribution in [0.2, 0.25) is 0 Å². The molecule has 0 spiro atoms. The summed E-state index contributed by atoms with van der Waals surface area (Å²) in [7, 11) is 2.99. The fourth-order valence-corrected chi connectivity index (χ4v) is 3.12. The Bertz CT molecular complexity index is 1040. The van der Waals surface area contributed by atoms with Crippen molar-refractivity contribution in [2.75, 3.05) is 24.9 Å². The van der Waals surface area contributed by atoms with Crippen LogP contribution in [0.1, 0.15) is 15.9 Å². The average Bonchev–Trinajstić information content (AvgIpc) is 2.76. The SMILES string of the molecule is COc1cc(NC(=O)c2ccccc2)c(OC)cc1NC(=O)Cc1ccc(Br)cc1. The summed E-state index contributed by atoms with van der Waals surface area (Å²) >= 11 is 3.38. The molecular weight excluding hydrogens is 448 g/mol. The molecule has 0 unspecified atom stereocenters. The number of methoxy groups -OCH3 is 2. The van der Waals surface area contributed by atoms with Gasteiger partial charge >= 0.3 is 0 Å². The summed E-state index contributed by atoms with van der Waals surface area (Å²) in [4.78, 5) is 25.0. The van der Waals surface area contributed by atoms with E-state index >= 15 is 0 Å². The summed E-state index contributed by atoms with van der Waals surface area (Å²) in [6.07, 6.45) is 0.214. The first kappa shape index (κ1) is 21.4. The largest absolute Gasteiger partial charge is 0.494 e. The van der Waals surface area contributed by atoms with Crippen LogP contribution in [0.4, 0.5) is 11.4 Å². The van der Waals surface area contributed by atoms with Gasteiger partial charge in [-0.2, -0.15) is 0 Å². The van der Waals surface area contributed by atoms with Gasteiger partial charge < -0.3 is 20.1 Å². The van der Waals surface area contributed by atoms with Crippen molar-refractivity contribution in [2.45, 2.75) is 6.42 Å². The normalized spacial score (nSPS) is 10.2. The Labute approximate surface area is 183 Å². The van der Waals surface area contributed by atoms with Gasteiger partial charge in [-0.15, -0.1) is 0 Å². The predicted octanol–water partition coefficient (Wildman–Crippen LogP) is 4.90. The van der Waals surface area contributed by atoms with Crippen molar-refractivity contribution < 1.29 is 19.1 Å². The molecule has 3 aromatic carbocycles.